The first kappa shape index (κ1) is 17.9. The molecule has 0 saturated carbocycles. The summed E-state index contributed by atoms with van der Waals surface area (Å²) in [6.07, 6.45) is 0.932. The third kappa shape index (κ3) is 7.82. The van der Waals surface area contributed by atoms with Crippen molar-refractivity contribution in [1.29, 1.82) is 0 Å². The second-order valence-electron chi connectivity index (χ2n) is 4.66. The molecule has 4 nitrogen and oxygen atoms in total. The summed E-state index contributed by atoms with van der Waals surface area (Å²) in [6.45, 7) is 4.26. The van der Waals surface area contributed by atoms with Gasteiger partial charge in [-0.05, 0) is 32.5 Å². The Labute approximate surface area is 121 Å². The Hall–Kier alpha value is -1.10. The monoisotopic (exact) mass is 285 g/mol. The zero-order valence-corrected chi connectivity index (χ0v) is 12.5. The first-order chi connectivity index (χ1) is 8.59. The van der Waals surface area contributed by atoms with Crippen LogP contribution in [-0.4, -0.2) is 37.0 Å². The average molecular weight is 286 g/mol. The van der Waals surface area contributed by atoms with E-state index in [2.05, 4.69) is 29.4 Å². The van der Waals surface area contributed by atoms with Crippen molar-refractivity contribution < 1.29 is 4.79 Å². The van der Waals surface area contributed by atoms with Gasteiger partial charge in [-0.1, -0.05) is 30.3 Å². The molecule has 1 aromatic carbocycles. The van der Waals surface area contributed by atoms with Crippen molar-refractivity contribution in [3.05, 3.63) is 35.9 Å². The van der Waals surface area contributed by atoms with Crippen molar-refractivity contribution in [3.8, 4) is 0 Å². The Morgan fingerprint density at radius 2 is 2.00 bits per heavy atom. The van der Waals surface area contributed by atoms with Crippen LogP contribution in [0.1, 0.15) is 18.9 Å². The lowest BCUT2D eigenvalue weighted by Gasteiger charge is -2.17. The van der Waals surface area contributed by atoms with Crippen molar-refractivity contribution in [3.63, 3.8) is 0 Å². The quantitative estimate of drug-likeness (QED) is 0.745. The van der Waals surface area contributed by atoms with Crippen LogP contribution in [0.3, 0.4) is 0 Å². The number of nitrogens with one attached hydrogen (secondary N) is 1. The fourth-order valence-electron chi connectivity index (χ4n) is 1.70. The van der Waals surface area contributed by atoms with Gasteiger partial charge in [0.05, 0.1) is 6.04 Å². The number of carbonyl (C=O) groups is 1. The standard InChI is InChI=1S/C14H23N3O.ClH/c1-12(15)14(18)16-9-6-10-17(2)11-13-7-4-3-5-8-13;/h3-5,7-8,12H,6,9-11,15H2,1-2H3,(H,16,18);1H. The number of rotatable bonds is 7. The zero-order valence-electron chi connectivity index (χ0n) is 11.6. The Morgan fingerprint density at radius 1 is 1.37 bits per heavy atom. The topological polar surface area (TPSA) is 58.4 Å². The molecule has 0 bridgehead atoms. The lowest BCUT2D eigenvalue weighted by Crippen LogP contribution is -2.39. The maximum atomic E-state index is 11.2. The zero-order chi connectivity index (χ0) is 13.4. The predicted octanol–water partition coefficient (Wildman–Crippen LogP) is 1.39. The molecule has 3 N–H and O–H groups in total. The number of benzene rings is 1. The Kier molecular flexibility index (Phi) is 9.21. The molecular weight excluding hydrogens is 262 g/mol. The SMILES string of the molecule is CC(N)C(=O)NCCCN(C)Cc1ccccc1.Cl. The molecule has 0 aromatic heterocycles. The molecule has 0 aliphatic rings. The third-order valence-corrected chi connectivity index (χ3v) is 2.72. The van der Waals surface area contributed by atoms with Gasteiger partial charge >= 0.3 is 0 Å². The van der Waals surface area contributed by atoms with Crippen LogP contribution in [-0.2, 0) is 11.3 Å². The van der Waals surface area contributed by atoms with Crippen molar-refractivity contribution >= 4 is 18.3 Å². The van der Waals surface area contributed by atoms with Crippen LogP contribution in [0.4, 0.5) is 0 Å². The summed E-state index contributed by atoms with van der Waals surface area (Å²) >= 11 is 0. The van der Waals surface area contributed by atoms with Gasteiger partial charge in [-0.25, -0.2) is 0 Å². The Morgan fingerprint density at radius 3 is 2.58 bits per heavy atom. The van der Waals surface area contributed by atoms with Crippen LogP contribution in [0.25, 0.3) is 0 Å². The number of carbonyl (C=O) groups excluding carboxylic acids is 1. The second kappa shape index (κ2) is 9.78. The van der Waals surface area contributed by atoms with Gasteiger partial charge in [-0.3, -0.25) is 4.79 Å². The number of halogens is 1. The van der Waals surface area contributed by atoms with Gasteiger partial charge in [0.15, 0.2) is 0 Å². The number of nitrogens with two attached hydrogens (primary N) is 1. The number of hydrogen-bond acceptors (Lipinski definition) is 3. The molecule has 1 amide bonds. The number of nitrogens with zero attached hydrogens (tertiary/aromatic N) is 1. The Bertz CT molecular complexity index is 357. The van der Waals surface area contributed by atoms with Crippen LogP contribution in [0.5, 0.6) is 0 Å². The van der Waals surface area contributed by atoms with Gasteiger partial charge in [0.1, 0.15) is 0 Å². The van der Waals surface area contributed by atoms with Gasteiger partial charge in [0.2, 0.25) is 5.91 Å². The molecule has 0 radical (unpaired) electrons. The van der Waals surface area contributed by atoms with Crippen LogP contribution >= 0.6 is 12.4 Å². The summed E-state index contributed by atoms with van der Waals surface area (Å²) in [5, 5.41) is 2.81. The summed E-state index contributed by atoms with van der Waals surface area (Å²) < 4.78 is 0. The van der Waals surface area contributed by atoms with Gasteiger partial charge < -0.3 is 16.0 Å². The smallest absolute Gasteiger partial charge is 0.236 e. The average Bonchev–Trinajstić information content (AvgIpc) is 2.35. The van der Waals surface area contributed by atoms with Crippen molar-refractivity contribution in [2.75, 3.05) is 20.1 Å². The highest BCUT2D eigenvalue weighted by molar-refractivity contribution is 5.85. The van der Waals surface area contributed by atoms with E-state index in [0.717, 1.165) is 19.5 Å². The molecule has 0 aliphatic carbocycles. The van der Waals surface area contributed by atoms with E-state index in [-0.39, 0.29) is 18.3 Å². The van der Waals surface area contributed by atoms with E-state index >= 15 is 0 Å². The van der Waals surface area contributed by atoms with Crippen LogP contribution in [0.2, 0.25) is 0 Å². The molecule has 108 valence electrons. The van der Waals surface area contributed by atoms with E-state index < -0.39 is 6.04 Å². The van der Waals surface area contributed by atoms with Gasteiger partial charge in [-0.2, -0.15) is 0 Å². The second-order valence-corrected chi connectivity index (χ2v) is 4.66. The largest absolute Gasteiger partial charge is 0.355 e. The minimum Gasteiger partial charge on any atom is -0.355 e. The summed E-state index contributed by atoms with van der Waals surface area (Å²) in [4.78, 5) is 13.5. The number of hydrogen-bond donors (Lipinski definition) is 2. The van der Waals surface area contributed by atoms with Crippen LogP contribution < -0.4 is 11.1 Å². The Balaban J connectivity index is 0.00000324. The highest BCUT2D eigenvalue weighted by atomic mass is 35.5. The highest BCUT2D eigenvalue weighted by Gasteiger charge is 2.05. The van der Waals surface area contributed by atoms with Crippen molar-refractivity contribution in [1.82, 2.24) is 10.2 Å². The van der Waals surface area contributed by atoms with Gasteiger partial charge in [0.25, 0.3) is 0 Å². The maximum absolute atomic E-state index is 11.2. The van der Waals surface area contributed by atoms with Gasteiger partial charge in [-0.15, -0.1) is 12.4 Å². The third-order valence-electron chi connectivity index (χ3n) is 2.72. The molecular formula is C14H24ClN3O. The lowest BCUT2D eigenvalue weighted by atomic mass is 10.2. The van der Waals surface area contributed by atoms with E-state index in [1.165, 1.54) is 5.56 Å². The molecule has 1 atom stereocenters. The summed E-state index contributed by atoms with van der Waals surface area (Å²) in [5.74, 6) is -0.0827. The molecule has 0 aliphatic heterocycles. The van der Waals surface area contributed by atoms with Crippen LogP contribution in [0, 0.1) is 0 Å². The molecule has 0 spiro atoms. The normalized spacial score (nSPS) is 11.8. The fraction of sp³-hybridized carbons (Fsp3) is 0.500. The van der Waals surface area contributed by atoms with E-state index in [0.29, 0.717) is 6.54 Å². The van der Waals surface area contributed by atoms with Crippen LogP contribution in [0.15, 0.2) is 30.3 Å². The molecule has 19 heavy (non-hydrogen) atoms. The fourth-order valence-corrected chi connectivity index (χ4v) is 1.70. The van der Waals surface area contributed by atoms with Gasteiger partial charge in [0, 0.05) is 13.1 Å². The maximum Gasteiger partial charge on any atom is 0.236 e. The molecule has 0 fully saturated rings. The first-order valence-electron chi connectivity index (χ1n) is 6.35. The highest BCUT2D eigenvalue weighted by Crippen LogP contribution is 2.02. The molecule has 0 heterocycles. The predicted molar refractivity (Wildman–Crippen MR) is 81.3 cm³/mol. The molecule has 1 rings (SSSR count). The lowest BCUT2D eigenvalue weighted by molar-refractivity contribution is -0.121. The summed E-state index contributed by atoms with van der Waals surface area (Å²) in [5.41, 5.74) is 6.76. The minimum atomic E-state index is -0.424. The molecule has 5 heteroatoms. The van der Waals surface area contributed by atoms with E-state index in [4.69, 9.17) is 5.73 Å². The molecule has 1 aromatic rings. The van der Waals surface area contributed by atoms with Crippen molar-refractivity contribution in [2.45, 2.75) is 25.9 Å². The molecule has 1 unspecified atom stereocenters. The molecule has 0 saturated heterocycles. The summed E-state index contributed by atoms with van der Waals surface area (Å²) in [7, 11) is 2.08. The van der Waals surface area contributed by atoms with E-state index in [1.807, 2.05) is 18.2 Å². The van der Waals surface area contributed by atoms with Crippen molar-refractivity contribution in [2.24, 2.45) is 5.73 Å². The minimum absolute atomic E-state index is 0. The summed E-state index contributed by atoms with van der Waals surface area (Å²) in [6, 6.07) is 9.93. The van der Waals surface area contributed by atoms with E-state index in [9.17, 15) is 4.79 Å². The van der Waals surface area contributed by atoms with E-state index in [1.54, 1.807) is 6.92 Å². The number of amides is 1. The first-order valence-corrected chi connectivity index (χ1v) is 6.35.